The molecule has 1 aromatic carbocycles. The number of hydrogen-bond donors (Lipinski definition) is 2. The van der Waals surface area contributed by atoms with Crippen molar-refractivity contribution in [2.24, 2.45) is 11.8 Å². The van der Waals surface area contributed by atoms with Crippen LogP contribution in [0.2, 0.25) is 0 Å². The maximum atomic E-state index is 13.5. The molecule has 1 aromatic heterocycles. The van der Waals surface area contributed by atoms with E-state index in [0.29, 0.717) is 43.7 Å². The van der Waals surface area contributed by atoms with Gasteiger partial charge in [0.25, 0.3) is 5.91 Å². The van der Waals surface area contributed by atoms with Gasteiger partial charge >= 0.3 is 12.1 Å². The Labute approximate surface area is 220 Å². The third kappa shape index (κ3) is 5.59. The third-order valence-corrected chi connectivity index (χ3v) is 8.02. The summed E-state index contributed by atoms with van der Waals surface area (Å²) in [6.07, 6.45) is -0.395. The highest BCUT2D eigenvalue weighted by Gasteiger charge is 2.44. The number of carbonyl (C=O) groups excluding carboxylic acids is 1. The van der Waals surface area contributed by atoms with E-state index in [1.54, 1.807) is 12.1 Å². The summed E-state index contributed by atoms with van der Waals surface area (Å²) in [6, 6.07) is 7.62. The molecule has 2 aromatic rings. The van der Waals surface area contributed by atoms with Crippen LogP contribution >= 0.6 is 0 Å². The second kappa shape index (κ2) is 10.8. The van der Waals surface area contributed by atoms with Gasteiger partial charge < -0.3 is 20.1 Å². The number of amides is 1. The maximum Gasteiger partial charge on any atom is 0.433 e. The Balaban J connectivity index is 1.51. The van der Waals surface area contributed by atoms with Crippen molar-refractivity contribution in [3.05, 3.63) is 52.8 Å². The number of aromatic nitrogens is 1. The van der Waals surface area contributed by atoms with Crippen molar-refractivity contribution in [1.29, 1.82) is 0 Å². The largest absolute Gasteiger partial charge is 0.495 e. The number of hydrogen-bond acceptors (Lipinski definition) is 5. The Bertz CT molecular complexity index is 1190. The van der Waals surface area contributed by atoms with E-state index < -0.39 is 23.4 Å². The second-order valence-corrected chi connectivity index (χ2v) is 10.5. The van der Waals surface area contributed by atoms with Crippen LogP contribution in [0.1, 0.15) is 72.8 Å². The molecular formula is C28H34F3N3O4. The molecule has 2 fully saturated rings. The first-order chi connectivity index (χ1) is 17.9. The number of carbonyl (C=O) groups is 2. The van der Waals surface area contributed by atoms with Crippen LogP contribution in [0.4, 0.5) is 18.9 Å². The van der Waals surface area contributed by atoms with Crippen LogP contribution in [0.25, 0.3) is 0 Å². The molecule has 0 radical (unpaired) electrons. The van der Waals surface area contributed by atoms with Crippen molar-refractivity contribution in [2.75, 3.05) is 25.1 Å². The van der Waals surface area contributed by atoms with Gasteiger partial charge in [0.15, 0.2) is 0 Å². The average Bonchev–Trinajstić information content (AvgIpc) is 3.28. The number of benzene rings is 1. The van der Waals surface area contributed by atoms with Crippen molar-refractivity contribution in [3.8, 4) is 5.75 Å². The number of aliphatic carboxylic acids is 1. The molecule has 4 rings (SSSR count). The predicted molar refractivity (Wildman–Crippen MR) is 136 cm³/mol. The number of halogens is 3. The normalized spacial score (nSPS) is 23.8. The number of methoxy groups -OCH3 is 1. The van der Waals surface area contributed by atoms with Gasteiger partial charge in [-0.3, -0.25) is 9.59 Å². The first-order valence-corrected chi connectivity index (χ1v) is 13.0. The lowest BCUT2D eigenvalue weighted by Crippen LogP contribution is -2.40. The molecule has 1 amide bonds. The number of aryl methyl sites for hydroxylation is 1. The van der Waals surface area contributed by atoms with Gasteiger partial charge in [-0.05, 0) is 94.2 Å². The summed E-state index contributed by atoms with van der Waals surface area (Å²) < 4.78 is 45.8. The fourth-order valence-corrected chi connectivity index (χ4v) is 5.80. The minimum Gasteiger partial charge on any atom is -0.495 e. The molecule has 38 heavy (non-hydrogen) atoms. The topological polar surface area (TPSA) is 91.8 Å². The van der Waals surface area contributed by atoms with Crippen LogP contribution in [-0.2, 0) is 16.5 Å². The molecule has 2 N–H and O–H groups in total. The zero-order valence-electron chi connectivity index (χ0n) is 21.9. The first-order valence-electron chi connectivity index (χ1n) is 13.0. The summed E-state index contributed by atoms with van der Waals surface area (Å²) in [4.78, 5) is 30.1. The number of nitrogens with one attached hydrogen (secondary N) is 1. The molecule has 206 valence electrons. The van der Waals surface area contributed by atoms with E-state index in [1.165, 1.54) is 13.2 Å². The highest BCUT2D eigenvalue weighted by atomic mass is 19.4. The lowest BCUT2D eigenvalue weighted by Gasteiger charge is -2.38. The van der Waals surface area contributed by atoms with Gasteiger partial charge in [-0.15, -0.1) is 0 Å². The van der Waals surface area contributed by atoms with Gasteiger partial charge in [0.05, 0.1) is 18.6 Å². The van der Waals surface area contributed by atoms with Crippen LogP contribution in [0.3, 0.4) is 0 Å². The molecule has 1 saturated heterocycles. The van der Waals surface area contributed by atoms with Gasteiger partial charge in [-0.1, -0.05) is 0 Å². The van der Waals surface area contributed by atoms with Gasteiger partial charge in [-0.2, -0.15) is 13.2 Å². The second-order valence-electron chi connectivity index (χ2n) is 10.5. The minimum atomic E-state index is -4.57. The molecule has 0 spiro atoms. The van der Waals surface area contributed by atoms with Gasteiger partial charge in [-0.25, -0.2) is 4.98 Å². The number of alkyl halides is 3. The Hall–Kier alpha value is -3.30. The number of pyridine rings is 1. The summed E-state index contributed by atoms with van der Waals surface area (Å²) >= 11 is 0. The lowest BCUT2D eigenvalue weighted by atomic mass is 9.82. The molecule has 1 aliphatic carbocycles. The molecule has 2 aliphatic rings. The SMILES string of the molecule is COc1ccc(C(F)(F)F)nc1[C@@]1(C)CCCN1c1ccc(C(=O)NCC2CCC(C(=O)O)CC2)cc1C. The van der Waals surface area contributed by atoms with Crippen molar-refractivity contribution >= 4 is 17.6 Å². The number of ether oxygens (including phenoxy) is 1. The van der Waals surface area contributed by atoms with Crippen molar-refractivity contribution < 1.29 is 32.6 Å². The molecule has 7 nitrogen and oxygen atoms in total. The summed E-state index contributed by atoms with van der Waals surface area (Å²) in [7, 11) is 1.42. The van der Waals surface area contributed by atoms with E-state index in [4.69, 9.17) is 9.84 Å². The smallest absolute Gasteiger partial charge is 0.433 e. The van der Waals surface area contributed by atoms with E-state index >= 15 is 0 Å². The lowest BCUT2D eigenvalue weighted by molar-refractivity contribution is -0.143. The summed E-state index contributed by atoms with van der Waals surface area (Å²) in [5.74, 6) is -0.682. The minimum absolute atomic E-state index is 0.203. The predicted octanol–water partition coefficient (Wildman–Crippen LogP) is 5.55. The third-order valence-electron chi connectivity index (χ3n) is 8.02. The number of carboxylic acid groups (broad SMARTS) is 1. The highest BCUT2D eigenvalue weighted by molar-refractivity contribution is 5.95. The molecule has 1 aliphatic heterocycles. The van der Waals surface area contributed by atoms with Crippen molar-refractivity contribution in [3.63, 3.8) is 0 Å². The van der Waals surface area contributed by atoms with Crippen LogP contribution in [-0.4, -0.2) is 42.2 Å². The fraction of sp³-hybridized carbons (Fsp3) is 0.536. The van der Waals surface area contributed by atoms with Crippen LogP contribution in [0.15, 0.2) is 30.3 Å². The zero-order chi connectivity index (χ0) is 27.7. The Kier molecular flexibility index (Phi) is 7.90. The molecule has 1 saturated carbocycles. The van der Waals surface area contributed by atoms with E-state index in [0.717, 1.165) is 36.6 Å². The van der Waals surface area contributed by atoms with Crippen LogP contribution in [0, 0.1) is 18.8 Å². The van der Waals surface area contributed by atoms with E-state index in [2.05, 4.69) is 15.2 Å². The Morgan fingerprint density at radius 3 is 2.50 bits per heavy atom. The van der Waals surface area contributed by atoms with Crippen molar-refractivity contribution in [1.82, 2.24) is 10.3 Å². The van der Waals surface area contributed by atoms with Crippen molar-refractivity contribution in [2.45, 2.75) is 64.1 Å². The molecule has 0 unspecified atom stereocenters. The molecule has 1 atom stereocenters. The zero-order valence-corrected chi connectivity index (χ0v) is 21.9. The highest BCUT2D eigenvalue weighted by Crippen LogP contribution is 2.46. The molecular weight excluding hydrogens is 499 g/mol. The first kappa shape index (κ1) is 27.7. The quantitative estimate of drug-likeness (QED) is 0.485. The van der Waals surface area contributed by atoms with Crippen LogP contribution < -0.4 is 15.0 Å². The average molecular weight is 534 g/mol. The number of carboxylic acids is 1. The summed E-state index contributed by atoms with van der Waals surface area (Å²) in [6.45, 7) is 4.89. The fourth-order valence-electron chi connectivity index (χ4n) is 5.80. The maximum absolute atomic E-state index is 13.5. The van der Waals surface area contributed by atoms with Gasteiger partial charge in [0.1, 0.15) is 17.1 Å². The monoisotopic (exact) mass is 533 g/mol. The number of rotatable bonds is 7. The Morgan fingerprint density at radius 1 is 1.18 bits per heavy atom. The molecule has 2 heterocycles. The molecule has 10 heteroatoms. The van der Waals surface area contributed by atoms with E-state index in [9.17, 15) is 22.8 Å². The number of anilines is 1. The standard InChI is InChI=1S/C28H34F3N3O4/c1-17-15-20(25(35)32-16-18-5-7-19(8-6-18)26(36)37)9-10-21(17)34-14-4-13-27(34,2)24-22(38-3)11-12-23(33-24)28(29,30)31/h9-12,15,18-19H,4-8,13-14,16H2,1-3H3,(H,32,35)(H,36,37)/t18?,19?,27-/m1/s1. The summed E-state index contributed by atoms with van der Waals surface area (Å²) in [5.41, 5.74) is 0.623. The van der Waals surface area contributed by atoms with Crippen LogP contribution in [0.5, 0.6) is 5.75 Å². The van der Waals surface area contributed by atoms with Gasteiger partial charge in [0.2, 0.25) is 0 Å². The Morgan fingerprint density at radius 2 is 1.89 bits per heavy atom. The van der Waals surface area contributed by atoms with E-state index in [1.807, 2.05) is 19.9 Å². The van der Waals surface area contributed by atoms with Gasteiger partial charge in [0, 0.05) is 24.3 Å². The van der Waals surface area contributed by atoms with E-state index in [-0.39, 0.29) is 23.4 Å². The summed E-state index contributed by atoms with van der Waals surface area (Å²) in [5, 5.41) is 12.1. The number of nitrogens with zero attached hydrogens (tertiary/aromatic N) is 2. The molecule has 0 bridgehead atoms.